The summed E-state index contributed by atoms with van der Waals surface area (Å²) in [7, 11) is 0. The number of aliphatic hydroxyl groups is 1. The van der Waals surface area contributed by atoms with Gasteiger partial charge in [-0.15, -0.1) is 47.9 Å². The van der Waals surface area contributed by atoms with Crippen LogP contribution in [-0.4, -0.2) is 59.6 Å². The molecule has 1 saturated heterocycles. The first-order chi connectivity index (χ1) is 13.6. The van der Waals surface area contributed by atoms with Crippen molar-refractivity contribution in [2.75, 3.05) is 43.4 Å². The molecular formula is C22H29Cl2N3OS2. The number of halogens is 2. The number of hydrogen-bond acceptors (Lipinski definition) is 6. The second-order valence-corrected chi connectivity index (χ2v) is 9.29. The maximum Gasteiger partial charge on any atom is 0.147 e. The molecular weight excluding hydrogens is 457 g/mol. The molecule has 1 aromatic carbocycles. The number of anilines is 1. The van der Waals surface area contributed by atoms with E-state index in [9.17, 15) is 5.11 Å². The van der Waals surface area contributed by atoms with E-state index in [1.54, 1.807) is 23.1 Å². The zero-order valence-corrected chi connectivity index (χ0v) is 20.5. The van der Waals surface area contributed by atoms with Crippen molar-refractivity contribution in [2.24, 2.45) is 0 Å². The molecule has 0 aliphatic carbocycles. The van der Waals surface area contributed by atoms with Gasteiger partial charge in [-0.25, -0.2) is 4.98 Å². The van der Waals surface area contributed by atoms with Gasteiger partial charge in [-0.3, -0.25) is 0 Å². The fourth-order valence-corrected chi connectivity index (χ4v) is 5.19. The number of aliphatic hydroxyl groups excluding tert-OH is 1. The third-order valence-electron chi connectivity index (χ3n) is 5.18. The van der Waals surface area contributed by atoms with E-state index < -0.39 is 0 Å². The van der Waals surface area contributed by atoms with E-state index >= 15 is 0 Å². The minimum Gasteiger partial charge on any atom is -0.393 e. The maximum absolute atomic E-state index is 9.48. The van der Waals surface area contributed by atoms with Gasteiger partial charge in [0, 0.05) is 42.4 Å². The molecule has 0 bridgehead atoms. The lowest BCUT2D eigenvalue weighted by Crippen LogP contribution is -2.46. The van der Waals surface area contributed by atoms with E-state index in [0.29, 0.717) is 5.75 Å². The summed E-state index contributed by atoms with van der Waals surface area (Å²) in [5.41, 5.74) is 2.17. The highest BCUT2D eigenvalue weighted by Gasteiger charge is 2.20. The largest absolute Gasteiger partial charge is 0.393 e. The Hall–Kier alpha value is -1.02. The molecule has 0 amide bonds. The van der Waals surface area contributed by atoms with Gasteiger partial charge >= 0.3 is 0 Å². The molecule has 0 radical (unpaired) electrons. The molecule has 3 aromatic rings. The topological polar surface area (TPSA) is 39.6 Å². The number of nitrogens with zero attached hydrogens (tertiary/aromatic N) is 3. The van der Waals surface area contributed by atoms with Crippen LogP contribution in [0.1, 0.15) is 13.8 Å². The third-order valence-corrected chi connectivity index (χ3v) is 7.36. The van der Waals surface area contributed by atoms with Gasteiger partial charge < -0.3 is 14.9 Å². The number of hydrogen-bond donors (Lipinski definition) is 1. The average Bonchev–Trinajstić information content (AvgIpc) is 3.21. The van der Waals surface area contributed by atoms with Gasteiger partial charge in [-0.1, -0.05) is 19.1 Å². The average molecular weight is 487 g/mol. The first-order valence-electron chi connectivity index (χ1n) is 9.91. The summed E-state index contributed by atoms with van der Waals surface area (Å²) in [6, 6.07) is 12.9. The molecule has 0 saturated carbocycles. The lowest BCUT2D eigenvalue weighted by molar-refractivity contribution is 0.220. The van der Waals surface area contributed by atoms with Crippen LogP contribution >= 0.6 is 47.9 Å². The predicted molar refractivity (Wildman–Crippen MR) is 136 cm³/mol. The molecule has 1 aliphatic heterocycles. The van der Waals surface area contributed by atoms with Crippen LogP contribution in [0.25, 0.3) is 21.3 Å². The molecule has 30 heavy (non-hydrogen) atoms. The van der Waals surface area contributed by atoms with Crippen molar-refractivity contribution in [3.8, 4) is 11.3 Å². The maximum atomic E-state index is 9.48. The van der Waals surface area contributed by atoms with Crippen LogP contribution in [0.5, 0.6) is 0 Å². The molecule has 164 valence electrons. The standard InChI is InChI=1S/C22H27N3OS2.2ClH/c1-3-24-9-11-25(12-10-24)22-21-18(8-13-27-21)14-20(23-22)17-4-6-19(7-5-17)28-15-16(2)26;;/h4-8,13-14,16,26H,3,9-12,15H2,1-2H3;2*1H. The molecule has 4 rings (SSSR count). The molecule has 0 spiro atoms. The molecule has 1 unspecified atom stereocenters. The lowest BCUT2D eigenvalue weighted by atomic mass is 10.1. The van der Waals surface area contributed by atoms with Crippen LogP contribution in [0.2, 0.25) is 0 Å². The van der Waals surface area contributed by atoms with Crippen molar-refractivity contribution in [1.82, 2.24) is 9.88 Å². The Bertz CT molecular complexity index is 926. The number of piperazine rings is 1. The summed E-state index contributed by atoms with van der Waals surface area (Å²) < 4.78 is 1.29. The summed E-state index contributed by atoms with van der Waals surface area (Å²) in [5.74, 6) is 1.85. The fraction of sp³-hybridized carbons (Fsp3) is 0.409. The van der Waals surface area contributed by atoms with Gasteiger partial charge in [-0.05, 0) is 48.5 Å². The molecule has 2 aromatic heterocycles. The summed E-state index contributed by atoms with van der Waals surface area (Å²) in [4.78, 5) is 11.2. The first kappa shape index (κ1) is 25.2. The monoisotopic (exact) mass is 485 g/mol. The molecule has 8 heteroatoms. The minimum atomic E-state index is -0.289. The van der Waals surface area contributed by atoms with Crippen molar-refractivity contribution < 1.29 is 5.11 Å². The van der Waals surface area contributed by atoms with Gasteiger partial charge in [0.05, 0.1) is 16.5 Å². The van der Waals surface area contributed by atoms with Crippen molar-refractivity contribution in [3.05, 3.63) is 41.8 Å². The minimum absolute atomic E-state index is 0. The van der Waals surface area contributed by atoms with Crippen LogP contribution in [0.15, 0.2) is 46.7 Å². The Morgan fingerprint density at radius 1 is 1.10 bits per heavy atom. The Balaban J connectivity index is 0.00000160. The second kappa shape index (κ2) is 11.6. The van der Waals surface area contributed by atoms with E-state index in [-0.39, 0.29) is 30.9 Å². The molecule has 1 aliphatic rings. The SMILES string of the molecule is CCN1CCN(c2nc(-c3ccc(SCC(C)O)cc3)cc3ccsc23)CC1.Cl.Cl. The Morgan fingerprint density at radius 3 is 2.43 bits per heavy atom. The Labute approximate surface area is 199 Å². The smallest absolute Gasteiger partial charge is 0.147 e. The lowest BCUT2D eigenvalue weighted by Gasteiger charge is -2.35. The van der Waals surface area contributed by atoms with Gasteiger partial charge in [0.1, 0.15) is 5.82 Å². The summed E-state index contributed by atoms with van der Waals surface area (Å²) in [5, 5.41) is 12.9. The summed E-state index contributed by atoms with van der Waals surface area (Å²) in [6.07, 6.45) is -0.289. The number of likely N-dealkylation sites (N-methyl/N-ethyl adjacent to an activating group) is 1. The number of rotatable bonds is 6. The van der Waals surface area contributed by atoms with Crippen LogP contribution in [0.4, 0.5) is 5.82 Å². The molecule has 1 atom stereocenters. The number of thioether (sulfide) groups is 1. The third kappa shape index (κ3) is 5.81. The van der Waals surface area contributed by atoms with Crippen LogP contribution in [0, 0.1) is 0 Å². The van der Waals surface area contributed by atoms with Crippen molar-refractivity contribution in [2.45, 2.75) is 24.8 Å². The Kier molecular flexibility index (Phi) is 9.72. The van der Waals surface area contributed by atoms with E-state index in [4.69, 9.17) is 4.98 Å². The zero-order chi connectivity index (χ0) is 19.5. The van der Waals surface area contributed by atoms with E-state index in [0.717, 1.165) is 49.8 Å². The molecule has 4 nitrogen and oxygen atoms in total. The summed E-state index contributed by atoms with van der Waals surface area (Å²) in [6.45, 7) is 9.45. The molecule has 1 N–H and O–H groups in total. The molecule has 1 fully saturated rings. The number of benzene rings is 1. The quantitative estimate of drug-likeness (QED) is 0.471. The number of thiophene rings is 1. The van der Waals surface area contributed by atoms with Crippen LogP contribution in [-0.2, 0) is 0 Å². The van der Waals surface area contributed by atoms with Gasteiger partial charge in [0.25, 0.3) is 0 Å². The number of fused-ring (bicyclic) bond motifs is 1. The first-order valence-corrected chi connectivity index (χ1v) is 11.8. The molecule has 3 heterocycles. The van der Waals surface area contributed by atoms with E-state index in [1.165, 1.54) is 15.0 Å². The van der Waals surface area contributed by atoms with Gasteiger partial charge in [0.15, 0.2) is 0 Å². The number of aromatic nitrogens is 1. The van der Waals surface area contributed by atoms with Crippen molar-refractivity contribution in [1.29, 1.82) is 0 Å². The van der Waals surface area contributed by atoms with Crippen LogP contribution in [0.3, 0.4) is 0 Å². The number of pyridine rings is 1. The van der Waals surface area contributed by atoms with Gasteiger partial charge in [0.2, 0.25) is 0 Å². The Morgan fingerprint density at radius 2 is 1.80 bits per heavy atom. The highest BCUT2D eigenvalue weighted by molar-refractivity contribution is 7.99. The van der Waals surface area contributed by atoms with Crippen molar-refractivity contribution >= 4 is 63.8 Å². The van der Waals surface area contributed by atoms with E-state index in [2.05, 4.69) is 58.5 Å². The highest BCUT2D eigenvalue weighted by Crippen LogP contribution is 2.34. The van der Waals surface area contributed by atoms with Crippen LogP contribution < -0.4 is 4.90 Å². The highest BCUT2D eigenvalue weighted by atomic mass is 35.5. The fourth-order valence-electron chi connectivity index (χ4n) is 3.54. The van der Waals surface area contributed by atoms with Crippen molar-refractivity contribution in [3.63, 3.8) is 0 Å². The second-order valence-electron chi connectivity index (χ2n) is 7.28. The van der Waals surface area contributed by atoms with E-state index in [1.807, 2.05) is 6.92 Å². The normalized spacial score (nSPS) is 15.5. The summed E-state index contributed by atoms with van der Waals surface area (Å²) >= 11 is 3.47. The predicted octanol–water partition coefficient (Wildman–Crippen LogP) is 5.42. The zero-order valence-electron chi connectivity index (χ0n) is 17.3. The van der Waals surface area contributed by atoms with Gasteiger partial charge in [-0.2, -0.15) is 0 Å².